The molecule has 1 aromatic heterocycles. The standard InChI is InChI=1S/C29H40N4O2.B45/c1-32-22-27(31-24-32)23-33-17-20-35-29-15-14-26(21-28(29)33)30-16-8-2-3-9-18-34-19-10-7-13-25-11-5-4-6-12-25;1-24-36(25(2)3)42(37(26(4)5)27(6)7)45(43(38(28(8)9)29(10)11)39(30(12)13)31(14)15)44(40(32(16)17)33(18)19)41(34(20)21)35(22)23/h4-6,11-12,14-15,21-22,24,30H,2-3,7-10,13,16-20,23H2,1H3;. The van der Waals surface area contributed by atoms with Gasteiger partial charge in [-0.2, -0.15) is 0 Å². The molecule has 0 bridgehead atoms. The Kier molecular flexibility index (Phi) is 35.5. The Balaban J connectivity index is 0.000000431. The van der Waals surface area contributed by atoms with Crippen LogP contribution in [0.3, 0.4) is 0 Å². The summed E-state index contributed by atoms with van der Waals surface area (Å²) in [7, 11) is 149. The summed E-state index contributed by atoms with van der Waals surface area (Å²) in [6.45, 7) is 5.14. The van der Waals surface area contributed by atoms with E-state index in [2.05, 4.69) is 69.9 Å². The molecule has 0 amide bonds. The SMILES string of the molecule is Cn1cnc(CN2CCOc3ccc(NCCCCCCOCCCCc4ccccc4)cc32)c1.[B][B]B(B([B])[B])B(B(B([B])[B])B([B])[B])B(B(B(B([B])[B])B([B])[B])B(B([B])[B])B([B])[B])B(B(B([B])[B])B([B])[B])B(B([B])[B])B([B])[B]. The zero-order valence-electron chi connectivity index (χ0n) is 47.1. The Hall–Kier alpha value is -0.0679. The van der Waals surface area contributed by atoms with Crippen LogP contribution < -0.4 is 15.0 Å². The van der Waals surface area contributed by atoms with Crippen molar-refractivity contribution in [1.82, 2.24) is 9.55 Å². The van der Waals surface area contributed by atoms with E-state index in [1.807, 2.05) is 17.9 Å². The highest BCUT2D eigenvalue weighted by molar-refractivity contribution is 8.34. The molecule has 0 unspecified atom stereocenters. The van der Waals surface area contributed by atoms with Gasteiger partial charge in [0, 0.05) is 358 Å². The second-order valence-corrected chi connectivity index (χ2v) is 21.7. The maximum atomic E-state index is 6.35. The minimum Gasteiger partial charge on any atom is -0.490 e. The molecule has 1 aliphatic rings. The molecule has 0 aliphatic carbocycles. The Morgan fingerprint density at radius 1 is 0.537 bits per heavy atom. The predicted molar refractivity (Wildman–Crippen MR) is 402 cm³/mol. The van der Waals surface area contributed by atoms with Crippen molar-refractivity contribution in [2.45, 2.75) is 51.5 Å². The molecule has 80 heavy (non-hydrogen) atoms. The average Bonchev–Trinajstić information content (AvgIpc) is 3.83. The fraction of sp³-hybridized carbons (Fsp3) is 0.483. The first-order chi connectivity index (χ1) is 37.8. The van der Waals surface area contributed by atoms with Gasteiger partial charge < -0.3 is 24.3 Å². The molecule has 3 aromatic rings. The molecule has 0 fully saturated rings. The van der Waals surface area contributed by atoms with Crippen molar-refractivity contribution in [3.8, 4) is 5.75 Å². The number of nitrogens with one attached hydrogen (secondary N) is 1. The van der Waals surface area contributed by atoms with E-state index in [9.17, 15) is 0 Å². The molecular weight excluding hydrogens is 923 g/mol. The minimum absolute atomic E-state index is 0.712. The van der Waals surface area contributed by atoms with Crippen LogP contribution in [0.25, 0.3) is 0 Å². The van der Waals surface area contributed by atoms with E-state index in [1.54, 1.807) is 0 Å². The maximum absolute atomic E-state index is 6.35. The normalized spacial score (nSPS) is 11.0. The highest BCUT2D eigenvalue weighted by Crippen LogP contribution is 2.35. The Bertz CT molecular complexity index is 1990. The molecule has 0 spiro atoms. The molecule has 51 heteroatoms. The van der Waals surface area contributed by atoms with Crippen LogP contribution in [0.5, 0.6) is 5.75 Å². The van der Waals surface area contributed by atoms with Gasteiger partial charge in [0.2, 0.25) is 0 Å². The summed E-state index contributed by atoms with van der Waals surface area (Å²) in [4.78, 5) is 6.84. The number of benzene rings is 2. The lowest BCUT2D eigenvalue weighted by Crippen LogP contribution is -2.94. The van der Waals surface area contributed by atoms with Crippen molar-refractivity contribution < 1.29 is 9.47 Å². The monoisotopic (exact) mass is 972 g/mol. The van der Waals surface area contributed by atoms with Gasteiger partial charge in [-0.1, -0.05) is 43.2 Å². The molecular formula is C29H40B45N4O2. The quantitative estimate of drug-likeness (QED) is 0.0465. The number of aromatic nitrogens is 2. The summed E-state index contributed by atoms with van der Waals surface area (Å²) in [6.07, 6.45) is -12.7. The Morgan fingerprint density at radius 3 is 1.43 bits per heavy atom. The fourth-order valence-electron chi connectivity index (χ4n) is 11.9. The van der Waals surface area contributed by atoms with Gasteiger partial charge in [-0.25, -0.2) is 4.98 Å². The molecule has 1 N–H and O–H groups in total. The largest absolute Gasteiger partial charge is 0.490 e. The van der Waals surface area contributed by atoms with Crippen molar-refractivity contribution in [3.63, 3.8) is 0 Å². The van der Waals surface area contributed by atoms with Gasteiger partial charge in [-0.3, -0.25) is 0 Å². The zero-order chi connectivity index (χ0) is 60.0. The smallest absolute Gasteiger partial charge is 0.142 e. The topological polar surface area (TPSA) is 51.5 Å². The summed E-state index contributed by atoms with van der Waals surface area (Å²) in [5, 5.41) is 3.59. The molecule has 47 radical (unpaired) electrons. The molecule has 2 heterocycles. The van der Waals surface area contributed by atoms with Crippen molar-refractivity contribution in [1.29, 1.82) is 0 Å². The highest BCUT2D eigenvalue weighted by atomic mass is 16.5. The van der Waals surface area contributed by atoms with Crippen molar-refractivity contribution >= 4 is 330 Å². The number of hydrogen-bond donors (Lipinski definition) is 1. The van der Waals surface area contributed by atoms with Gasteiger partial charge in [-0.05, 0) is 55.9 Å². The summed E-state index contributed by atoms with van der Waals surface area (Å²) >= 11 is 0. The summed E-state index contributed by atoms with van der Waals surface area (Å²) < 4.78 is 13.7. The number of anilines is 2. The predicted octanol–water partition coefficient (Wildman–Crippen LogP) is -11.3. The van der Waals surface area contributed by atoms with Gasteiger partial charge >= 0.3 is 0 Å². The van der Waals surface area contributed by atoms with E-state index in [0.29, 0.717) is 6.61 Å². The number of fused-ring (bicyclic) bond motifs is 1. The zero-order valence-corrected chi connectivity index (χ0v) is 47.1. The molecule has 0 saturated carbocycles. The Morgan fingerprint density at radius 2 is 0.988 bits per heavy atom. The number of unbranched alkanes of at least 4 members (excludes halogenated alkanes) is 4. The van der Waals surface area contributed by atoms with Crippen molar-refractivity contribution in [3.05, 3.63) is 72.3 Å². The molecule has 323 valence electrons. The second kappa shape index (κ2) is 38.3. The van der Waals surface area contributed by atoms with Gasteiger partial charge in [-0.15, -0.1) is 0 Å². The third kappa shape index (κ3) is 23.2. The van der Waals surface area contributed by atoms with Gasteiger partial charge in [0.15, 0.2) is 0 Å². The molecule has 4 rings (SSSR count). The maximum Gasteiger partial charge on any atom is 0.142 e. The third-order valence-corrected chi connectivity index (χ3v) is 15.5. The lowest BCUT2D eigenvalue weighted by atomic mass is 8.26. The number of aryl methyl sites for hydroxylation is 2. The van der Waals surface area contributed by atoms with Crippen LogP contribution >= 0.6 is 0 Å². The molecule has 1 aliphatic heterocycles. The first kappa shape index (κ1) is 74.2. The molecule has 0 atom stereocenters. The van der Waals surface area contributed by atoms with Crippen LogP contribution in [0.2, 0.25) is 0 Å². The number of hydrogen-bond acceptors (Lipinski definition) is 5. The number of imidazole rings is 1. The van der Waals surface area contributed by atoms with Gasteiger partial charge in [0.1, 0.15) is 12.4 Å². The van der Waals surface area contributed by atoms with Crippen LogP contribution in [0.15, 0.2) is 61.1 Å². The average molecular weight is 963 g/mol. The summed E-state index contributed by atoms with van der Waals surface area (Å²) in [5.41, 5.74) is 4.80. The van der Waals surface area contributed by atoms with E-state index >= 15 is 0 Å². The van der Waals surface area contributed by atoms with Crippen LogP contribution in [0.1, 0.15) is 49.8 Å². The lowest BCUT2D eigenvalue weighted by molar-refractivity contribution is 0.126. The number of nitrogens with zero attached hydrogens (tertiary/aromatic N) is 3. The van der Waals surface area contributed by atoms with Gasteiger partial charge in [0.25, 0.3) is 0 Å². The van der Waals surface area contributed by atoms with Crippen LogP contribution in [-0.4, -0.2) is 362 Å². The lowest BCUT2D eigenvalue weighted by Gasteiger charge is -2.56. The highest BCUT2D eigenvalue weighted by Gasteiger charge is 2.58. The van der Waals surface area contributed by atoms with Crippen molar-refractivity contribution in [2.24, 2.45) is 7.05 Å². The summed E-state index contributed by atoms with van der Waals surface area (Å²) in [6, 6.07) is 17.1. The number of rotatable bonds is 36. The van der Waals surface area contributed by atoms with Crippen LogP contribution in [0, 0.1) is 0 Å². The minimum atomic E-state index is -1.27. The Labute approximate surface area is 525 Å². The molecule has 6 nitrogen and oxygen atoms in total. The number of ether oxygens (including phenoxy) is 2. The van der Waals surface area contributed by atoms with Gasteiger partial charge in [0.05, 0.1) is 30.8 Å². The molecule has 0 saturated heterocycles. The summed E-state index contributed by atoms with van der Waals surface area (Å²) in [5.74, 6) is 0.956. The first-order valence-corrected chi connectivity index (χ1v) is 27.8. The molecule has 2 aromatic carbocycles. The fourth-order valence-corrected chi connectivity index (χ4v) is 11.9. The van der Waals surface area contributed by atoms with E-state index in [1.165, 1.54) is 38.3 Å². The van der Waals surface area contributed by atoms with E-state index in [-0.39, 0.29) is 0 Å². The second-order valence-electron chi connectivity index (χ2n) is 21.7. The van der Waals surface area contributed by atoms with Crippen LogP contribution in [-0.2, 0) is 24.8 Å². The van der Waals surface area contributed by atoms with Crippen LogP contribution in [0.4, 0.5) is 11.4 Å². The van der Waals surface area contributed by atoms with E-state index in [0.717, 1.165) is 74.9 Å². The third-order valence-electron chi connectivity index (χ3n) is 15.5. The van der Waals surface area contributed by atoms with E-state index in [4.69, 9.17) is 187 Å². The van der Waals surface area contributed by atoms with E-state index < -0.39 is 134 Å². The first-order valence-electron chi connectivity index (χ1n) is 27.8. The van der Waals surface area contributed by atoms with Crippen molar-refractivity contribution in [2.75, 3.05) is 43.1 Å².